The maximum Gasteiger partial charge on any atom is 0.257 e. The largest absolute Gasteiger partial charge is 0.431 e. The Morgan fingerprint density at radius 3 is 2.64 bits per heavy atom. The first-order valence-electron chi connectivity index (χ1n) is 6.96. The average molecular weight is 307 g/mol. The van der Waals surface area contributed by atoms with Crippen LogP contribution in [0.15, 0.2) is 76.6 Å². The highest BCUT2D eigenvalue weighted by Crippen LogP contribution is 2.26. The number of aromatic nitrogens is 3. The summed E-state index contributed by atoms with van der Waals surface area (Å²) in [6, 6.07) is 18.1. The molecule has 0 aliphatic carbocycles. The minimum Gasteiger partial charge on any atom is -0.431 e. The van der Waals surface area contributed by atoms with Crippen molar-refractivity contribution < 1.29 is 4.42 Å². The van der Waals surface area contributed by atoms with E-state index in [1.54, 1.807) is 18.0 Å². The molecule has 0 atom stereocenters. The fourth-order valence-corrected chi connectivity index (χ4v) is 3.02. The Hall–Kier alpha value is -2.53. The molecule has 0 radical (unpaired) electrons. The van der Waals surface area contributed by atoms with Gasteiger partial charge in [0.05, 0.1) is 5.69 Å². The molecule has 0 amide bonds. The molecular formula is C17H13N3OS. The predicted molar refractivity (Wildman–Crippen MR) is 87.1 cm³/mol. The lowest BCUT2D eigenvalue weighted by atomic mass is 10.2. The molecule has 5 heteroatoms. The predicted octanol–water partition coefficient (Wildman–Crippen LogP) is 4.31. The molecule has 0 fully saturated rings. The van der Waals surface area contributed by atoms with Gasteiger partial charge in [0.1, 0.15) is 5.52 Å². The molecule has 2 heterocycles. The molecule has 0 aliphatic rings. The summed E-state index contributed by atoms with van der Waals surface area (Å²) in [6.45, 7) is 0. The van der Waals surface area contributed by atoms with E-state index < -0.39 is 0 Å². The van der Waals surface area contributed by atoms with Crippen LogP contribution in [0, 0.1) is 0 Å². The van der Waals surface area contributed by atoms with Gasteiger partial charge >= 0.3 is 0 Å². The van der Waals surface area contributed by atoms with E-state index in [0.717, 1.165) is 22.5 Å². The SMILES string of the molecule is c1ccc2oc(SCc3ccc(-n4cccn4)cc3)nc2c1. The first-order valence-corrected chi connectivity index (χ1v) is 7.94. The molecule has 2 aromatic heterocycles. The second kappa shape index (κ2) is 5.69. The number of fused-ring (bicyclic) bond motifs is 1. The number of oxazole rings is 1. The van der Waals surface area contributed by atoms with Gasteiger partial charge in [-0.2, -0.15) is 5.10 Å². The van der Waals surface area contributed by atoms with Gasteiger partial charge in [0, 0.05) is 18.1 Å². The minimum absolute atomic E-state index is 0.706. The third-order valence-electron chi connectivity index (χ3n) is 3.34. The second-order valence-electron chi connectivity index (χ2n) is 4.85. The standard InChI is InChI=1S/C17H13N3OS/c1-2-5-16-15(4-1)19-17(21-16)22-12-13-6-8-14(9-7-13)20-11-3-10-18-20/h1-11H,12H2. The van der Waals surface area contributed by atoms with Gasteiger partial charge in [-0.1, -0.05) is 36.0 Å². The summed E-state index contributed by atoms with van der Waals surface area (Å²) in [7, 11) is 0. The van der Waals surface area contributed by atoms with Crippen LogP contribution in [0.4, 0.5) is 0 Å². The van der Waals surface area contributed by atoms with Crippen LogP contribution in [0.5, 0.6) is 0 Å². The van der Waals surface area contributed by atoms with Gasteiger partial charge in [-0.3, -0.25) is 0 Å². The van der Waals surface area contributed by atoms with Crippen LogP contribution in [0.2, 0.25) is 0 Å². The number of para-hydroxylation sites is 2. The third kappa shape index (κ3) is 2.63. The van der Waals surface area contributed by atoms with Crippen LogP contribution in [0.3, 0.4) is 0 Å². The van der Waals surface area contributed by atoms with E-state index in [2.05, 4.69) is 34.3 Å². The van der Waals surface area contributed by atoms with Gasteiger partial charge in [-0.05, 0) is 35.9 Å². The highest BCUT2D eigenvalue weighted by Gasteiger charge is 2.06. The Labute approximate surface area is 131 Å². The van der Waals surface area contributed by atoms with Crippen LogP contribution in [0.25, 0.3) is 16.8 Å². The van der Waals surface area contributed by atoms with Crippen molar-refractivity contribution in [2.24, 2.45) is 0 Å². The van der Waals surface area contributed by atoms with Crippen molar-refractivity contribution in [3.63, 3.8) is 0 Å². The molecule has 0 unspecified atom stereocenters. The van der Waals surface area contributed by atoms with Crippen molar-refractivity contribution in [1.29, 1.82) is 0 Å². The first-order chi connectivity index (χ1) is 10.9. The van der Waals surface area contributed by atoms with Crippen molar-refractivity contribution in [1.82, 2.24) is 14.8 Å². The van der Waals surface area contributed by atoms with Gasteiger partial charge < -0.3 is 4.42 Å². The van der Waals surface area contributed by atoms with E-state index in [1.165, 1.54) is 5.56 Å². The topological polar surface area (TPSA) is 43.9 Å². The fourth-order valence-electron chi connectivity index (χ4n) is 2.22. The summed E-state index contributed by atoms with van der Waals surface area (Å²) < 4.78 is 7.56. The van der Waals surface area contributed by atoms with Crippen molar-refractivity contribution in [3.05, 3.63) is 72.6 Å². The summed E-state index contributed by atoms with van der Waals surface area (Å²) in [4.78, 5) is 4.47. The number of rotatable bonds is 4. The molecular weight excluding hydrogens is 294 g/mol. The van der Waals surface area contributed by atoms with E-state index in [4.69, 9.17) is 4.42 Å². The lowest BCUT2D eigenvalue weighted by Crippen LogP contribution is -1.93. The Morgan fingerprint density at radius 1 is 1.00 bits per heavy atom. The van der Waals surface area contributed by atoms with Gasteiger partial charge in [0.25, 0.3) is 5.22 Å². The molecule has 4 nitrogen and oxygen atoms in total. The lowest BCUT2D eigenvalue weighted by Gasteiger charge is -2.03. The van der Waals surface area contributed by atoms with Crippen molar-refractivity contribution in [3.8, 4) is 5.69 Å². The summed E-state index contributed by atoms with van der Waals surface area (Å²) in [5.41, 5.74) is 4.02. The fraction of sp³-hybridized carbons (Fsp3) is 0.0588. The van der Waals surface area contributed by atoms with E-state index in [-0.39, 0.29) is 0 Å². The molecule has 4 rings (SSSR count). The van der Waals surface area contributed by atoms with Crippen LogP contribution >= 0.6 is 11.8 Å². The third-order valence-corrected chi connectivity index (χ3v) is 4.24. The van der Waals surface area contributed by atoms with Crippen molar-refractivity contribution in [2.45, 2.75) is 11.0 Å². The zero-order valence-electron chi connectivity index (χ0n) is 11.7. The monoisotopic (exact) mass is 307 g/mol. The zero-order chi connectivity index (χ0) is 14.8. The smallest absolute Gasteiger partial charge is 0.257 e. The van der Waals surface area contributed by atoms with Crippen LogP contribution in [0.1, 0.15) is 5.56 Å². The van der Waals surface area contributed by atoms with Gasteiger partial charge in [-0.25, -0.2) is 9.67 Å². The summed E-state index contributed by atoms with van der Waals surface area (Å²) in [5.74, 6) is 0.826. The molecule has 0 spiro atoms. The van der Waals surface area contributed by atoms with E-state index in [0.29, 0.717) is 5.22 Å². The second-order valence-corrected chi connectivity index (χ2v) is 5.78. The normalized spacial score (nSPS) is 11.1. The number of hydrogen-bond donors (Lipinski definition) is 0. The quantitative estimate of drug-likeness (QED) is 0.527. The maximum atomic E-state index is 5.71. The van der Waals surface area contributed by atoms with Gasteiger partial charge in [0.2, 0.25) is 0 Å². The van der Waals surface area contributed by atoms with Crippen LogP contribution in [-0.2, 0) is 5.75 Å². The highest BCUT2D eigenvalue weighted by molar-refractivity contribution is 7.98. The average Bonchev–Trinajstić information content (AvgIpc) is 3.22. The molecule has 108 valence electrons. The molecule has 0 N–H and O–H groups in total. The Kier molecular flexibility index (Phi) is 3.40. The van der Waals surface area contributed by atoms with Crippen molar-refractivity contribution in [2.75, 3.05) is 0 Å². The molecule has 0 saturated heterocycles. The number of benzene rings is 2. The maximum absolute atomic E-state index is 5.71. The Balaban J connectivity index is 1.47. The molecule has 2 aromatic carbocycles. The minimum atomic E-state index is 0.706. The van der Waals surface area contributed by atoms with Crippen LogP contribution in [-0.4, -0.2) is 14.8 Å². The molecule has 4 aromatic rings. The van der Waals surface area contributed by atoms with Crippen LogP contribution < -0.4 is 0 Å². The van der Waals surface area contributed by atoms with Crippen molar-refractivity contribution >= 4 is 22.9 Å². The van der Waals surface area contributed by atoms with Gasteiger partial charge in [-0.15, -0.1) is 0 Å². The van der Waals surface area contributed by atoms with E-state index >= 15 is 0 Å². The molecule has 0 aliphatic heterocycles. The van der Waals surface area contributed by atoms with E-state index in [1.807, 2.05) is 41.2 Å². The molecule has 0 bridgehead atoms. The zero-order valence-corrected chi connectivity index (χ0v) is 12.5. The Morgan fingerprint density at radius 2 is 1.86 bits per heavy atom. The Bertz CT molecular complexity index is 849. The number of nitrogens with zero attached hydrogens (tertiary/aromatic N) is 3. The molecule has 22 heavy (non-hydrogen) atoms. The summed E-state index contributed by atoms with van der Waals surface area (Å²) in [5, 5.41) is 4.93. The lowest BCUT2D eigenvalue weighted by molar-refractivity contribution is 0.489. The highest BCUT2D eigenvalue weighted by atomic mass is 32.2. The number of hydrogen-bond acceptors (Lipinski definition) is 4. The summed E-state index contributed by atoms with van der Waals surface area (Å²) >= 11 is 1.60. The molecule has 0 saturated carbocycles. The first kappa shape index (κ1) is 13.2. The van der Waals surface area contributed by atoms with E-state index in [9.17, 15) is 0 Å². The van der Waals surface area contributed by atoms with Gasteiger partial charge in [0.15, 0.2) is 5.58 Å². The summed E-state index contributed by atoms with van der Waals surface area (Å²) in [6.07, 6.45) is 3.71. The number of thioether (sulfide) groups is 1.